The van der Waals surface area contributed by atoms with Gasteiger partial charge in [0.05, 0.1) is 0 Å². The van der Waals surface area contributed by atoms with E-state index in [9.17, 15) is 9.59 Å². The van der Waals surface area contributed by atoms with Gasteiger partial charge in [-0.05, 0) is 43.5 Å². The Kier molecular flexibility index (Phi) is 5.97. The van der Waals surface area contributed by atoms with Gasteiger partial charge in [-0.3, -0.25) is 9.59 Å². The van der Waals surface area contributed by atoms with E-state index in [4.69, 9.17) is 0 Å². The molecule has 2 amide bonds. The van der Waals surface area contributed by atoms with Crippen LogP contribution in [0.4, 0.5) is 5.69 Å². The van der Waals surface area contributed by atoms with E-state index in [1.807, 2.05) is 29.7 Å². The van der Waals surface area contributed by atoms with Crippen molar-refractivity contribution in [1.29, 1.82) is 0 Å². The van der Waals surface area contributed by atoms with Gasteiger partial charge in [0, 0.05) is 41.3 Å². The van der Waals surface area contributed by atoms with Crippen molar-refractivity contribution in [2.45, 2.75) is 57.1 Å². The van der Waals surface area contributed by atoms with Gasteiger partial charge >= 0.3 is 0 Å². The summed E-state index contributed by atoms with van der Waals surface area (Å²) in [6, 6.07) is 6.19. The van der Waals surface area contributed by atoms with Crippen molar-refractivity contribution in [1.82, 2.24) is 4.90 Å². The van der Waals surface area contributed by atoms with E-state index in [1.165, 1.54) is 4.90 Å². The van der Waals surface area contributed by atoms with Crippen molar-refractivity contribution in [3.05, 3.63) is 23.8 Å². The number of carbonyl (C=O) groups is 2. The van der Waals surface area contributed by atoms with Crippen LogP contribution in [0, 0.1) is 12.8 Å². The lowest BCUT2D eigenvalue weighted by Crippen LogP contribution is -2.40. The molecular formula is C19H28N2O2S. The van der Waals surface area contributed by atoms with E-state index in [-0.39, 0.29) is 22.5 Å². The predicted octanol–water partition coefficient (Wildman–Crippen LogP) is 4.08. The summed E-state index contributed by atoms with van der Waals surface area (Å²) in [7, 11) is 0. The lowest BCUT2D eigenvalue weighted by atomic mass is 9.95. The molecule has 0 radical (unpaired) electrons. The van der Waals surface area contributed by atoms with Crippen molar-refractivity contribution >= 4 is 29.3 Å². The third kappa shape index (κ3) is 5.26. The van der Waals surface area contributed by atoms with Gasteiger partial charge in [-0.1, -0.05) is 20.8 Å². The van der Waals surface area contributed by atoms with Crippen LogP contribution in [0.5, 0.6) is 0 Å². The maximum absolute atomic E-state index is 12.5. The maximum Gasteiger partial charge on any atom is 0.227 e. The molecule has 5 heteroatoms. The number of piperidine rings is 1. The number of anilines is 1. The summed E-state index contributed by atoms with van der Waals surface area (Å²) >= 11 is 1.82. The molecule has 0 aromatic heterocycles. The molecule has 0 spiro atoms. The highest BCUT2D eigenvalue weighted by Crippen LogP contribution is 2.33. The fraction of sp³-hybridized carbons (Fsp3) is 0.579. The largest absolute Gasteiger partial charge is 0.343 e. The van der Waals surface area contributed by atoms with Crippen molar-refractivity contribution < 1.29 is 9.59 Å². The molecule has 1 heterocycles. The third-order valence-electron chi connectivity index (χ3n) is 4.19. The number of hydrogen-bond acceptors (Lipinski definition) is 3. The molecule has 1 aliphatic rings. The molecule has 1 aromatic rings. The molecule has 1 aliphatic heterocycles. The molecule has 0 saturated carbocycles. The quantitative estimate of drug-likeness (QED) is 0.837. The van der Waals surface area contributed by atoms with Crippen LogP contribution in [0.25, 0.3) is 0 Å². The Labute approximate surface area is 149 Å². The molecule has 0 atom stereocenters. The summed E-state index contributed by atoms with van der Waals surface area (Å²) in [5.74, 6) is 0.151. The van der Waals surface area contributed by atoms with Crippen LogP contribution in [0.15, 0.2) is 23.1 Å². The van der Waals surface area contributed by atoms with Crippen molar-refractivity contribution in [3.63, 3.8) is 0 Å². The molecule has 24 heavy (non-hydrogen) atoms. The predicted molar refractivity (Wildman–Crippen MR) is 100 cm³/mol. The number of amides is 2. The summed E-state index contributed by atoms with van der Waals surface area (Å²) in [5, 5.41) is 3.06. The SMILES string of the molecule is CC(=O)N1CCC(C(=O)Nc2ccc(SC(C)(C)C)cc2C)CC1. The van der Waals surface area contributed by atoms with Crippen LogP contribution in [0.1, 0.15) is 46.1 Å². The Balaban J connectivity index is 1.96. The molecule has 1 saturated heterocycles. The smallest absolute Gasteiger partial charge is 0.227 e. The van der Waals surface area contributed by atoms with Gasteiger partial charge in [0.15, 0.2) is 0 Å². The first-order chi connectivity index (χ1) is 11.2. The Morgan fingerprint density at radius 3 is 2.33 bits per heavy atom. The molecule has 2 rings (SSSR count). The van der Waals surface area contributed by atoms with Gasteiger partial charge in [-0.15, -0.1) is 11.8 Å². The minimum Gasteiger partial charge on any atom is -0.343 e. The van der Waals surface area contributed by atoms with E-state index < -0.39 is 0 Å². The number of rotatable bonds is 3. The molecule has 1 aromatic carbocycles. The normalized spacial score (nSPS) is 16.1. The lowest BCUT2D eigenvalue weighted by Gasteiger charge is -2.30. The molecule has 132 valence electrons. The number of likely N-dealkylation sites (tertiary alicyclic amines) is 1. The second-order valence-corrected chi connectivity index (χ2v) is 9.36. The first kappa shape index (κ1) is 18.8. The van der Waals surface area contributed by atoms with Crippen LogP contribution in [0.3, 0.4) is 0 Å². The standard InChI is InChI=1S/C19H28N2O2S/c1-13-12-16(24-19(3,4)5)6-7-17(13)20-18(23)15-8-10-21(11-9-15)14(2)22/h6-7,12,15H,8-11H2,1-5H3,(H,20,23). The van der Waals surface area contributed by atoms with E-state index >= 15 is 0 Å². The van der Waals surface area contributed by atoms with Crippen LogP contribution in [-0.2, 0) is 9.59 Å². The Morgan fingerprint density at radius 1 is 1.21 bits per heavy atom. The van der Waals surface area contributed by atoms with E-state index in [1.54, 1.807) is 6.92 Å². The minimum absolute atomic E-state index is 0.0105. The highest BCUT2D eigenvalue weighted by Gasteiger charge is 2.26. The Morgan fingerprint density at radius 2 is 1.83 bits per heavy atom. The summed E-state index contributed by atoms with van der Waals surface area (Å²) in [6.45, 7) is 11.5. The van der Waals surface area contributed by atoms with Gasteiger partial charge in [0.1, 0.15) is 0 Å². The fourth-order valence-electron chi connectivity index (χ4n) is 2.88. The molecule has 1 N–H and O–H groups in total. The molecule has 4 nitrogen and oxygen atoms in total. The third-order valence-corrected chi connectivity index (χ3v) is 5.29. The number of benzene rings is 1. The molecular weight excluding hydrogens is 320 g/mol. The molecule has 0 bridgehead atoms. The highest BCUT2D eigenvalue weighted by atomic mass is 32.2. The summed E-state index contributed by atoms with van der Waals surface area (Å²) in [6.07, 6.45) is 1.48. The van der Waals surface area contributed by atoms with Gasteiger partial charge in [0.25, 0.3) is 0 Å². The number of hydrogen-bond donors (Lipinski definition) is 1. The second kappa shape index (κ2) is 7.60. The van der Waals surface area contributed by atoms with Crippen LogP contribution < -0.4 is 5.32 Å². The van der Waals surface area contributed by atoms with Crippen molar-refractivity contribution in [3.8, 4) is 0 Å². The zero-order valence-electron chi connectivity index (χ0n) is 15.3. The monoisotopic (exact) mass is 348 g/mol. The van der Waals surface area contributed by atoms with Gasteiger partial charge in [0.2, 0.25) is 11.8 Å². The summed E-state index contributed by atoms with van der Waals surface area (Å²) < 4.78 is 0.169. The average molecular weight is 349 g/mol. The number of carbonyl (C=O) groups excluding carboxylic acids is 2. The van der Waals surface area contributed by atoms with Crippen molar-refractivity contribution in [2.75, 3.05) is 18.4 Å². The Bertz CT molecular complexity index is 614. The van der Waals surface area contributed by atoms with Gasteiger partial charge in [-0.25, -0.2) is 0 Å². The first-order valence-electron chi connectivity index (χ1n) is 8.52. The van der Waals surface area contributed by atoms with Crippen LogP contribution in [0.2, 0.25) is 0 Å². The highest BCUT2D eigenvalue weighted by molar-refractivity contribution is 8.00. The first-order valence-corrected chi connectivity index (χ1v) is 9.33. The topological polar surface area (TPSA) is 49.4 Å². The average Bonchev–Trinajstić information content (AvgIpc) is 2.48. The molecule has 0 aliphatic carbocycles. The van der Waals surface area contributed by atoms with Crippen LogP contribution >= 0.6 is 11.8 Å². The minimum atomic E-state index is -0.0105. The molecule has 0 unspecified atom stereocenters. The van der Waals surface area contributed by atoms with Gasteiger partial charge < -0.3 is 10.2 Å². The zero-order valence-corrected chi connectivity index (χ0v) is 16.1. The molecule has 1 fully saturated rings. The van der Waals surface area contributed by atoms with E-state index in [0.29, 0.717) is 13.1 Å². The van der Waals surface area contributed by atoms with Crippen molar-refractivity contribution in [2.24, 2.45) is 5.92 Å². The lowest BCUT2D eigenvalue weighted by molar-refractivity contribution is -0.132. The summed E-state index contributed by atoms with van der Waals surface area (Å²) in [4.78, 5) is 26.9. The zero-order chi connectivity index (χ0) is 17.9. The number of thioether (sulfide) groups is 1. The van der Waals surface area contributed by atoms with Crippen LogP contribution in [-0.4, -0.2) is 34.6 Å². The fourth-order valence-corrected chi connectivity index (χ4v) is 3.96. The van der Waals surface area contributed by atoms with E-state index in [2.05, 4.69) is 38.2 Å². The van der Waals surface area contributed by atoms with Gasteiger partial charge in [-0.2, -0.15) is 0 Å². The number of nitrogens with one attached hydrogen (secondary N) is 1. The summed E-state index contributed by atoms with van der Waals surface area (Å²) in [5.41, 5.74) is 1.96. The maximum atomic E-state index is 12.5. The number of nitrogens with zero attached hydrogens (tertiary/aromatic N) is 1. The second-order valence-electron chi connectivity index (χ2n) is 7.46. The Hall–Kier alpha value is -1.49. The number of aryl methyl sites for hydroxylation is 1. The van der Waals surface area contributed by atoms with E-state index in [0.717, 1.165) is 24.1 Å².